The Morgan fingerprint density at radius 3 is 2.16 bits per heavy atom. The summed E-state index contributed by atoms with van der Waals surface area (Å²) in [5, 5.41) is 10.7. The van der Waals surface area contributed by atoms with E-state index in [1.54, 1.807) is 11.8 Å². The summed E-state index contributed by atoms with van der Waals surface area (Å²) < 4.78 is 5.85. The van der Waals surface area contributed by atoms with Crippen LogP contribution in [0.3, 0.4) is 0 Å². The van der Waals surface area contributed by atoms with E-state index in [0.717, 1.165) is 33.2 Å². The minimum absolute atomic E-state index is 0.538. The fourth-order valence-corrected chi connectivity index (χ4v) is 4.09. The van der Waals surface area contributed by atoms with Crippen LogP contribution in [0, 0.1) is 18.3 Å². The normalized spacial score (nSPS) is 10.5. The summed E-state index contributed by atoms with van der Waals surface area (Å²) in [4.78, 5) is 4.84. The molecule has 3 aromatic carbocycles. The minimum atomic E-state index is 0.538. The van der Waals surface area contributed by atoms with E-state index < -0.39 is 0 Å². The van der Waals surface area contributed by atoms with Crippen molar-refractivity contribution < 1.29 is 4.74 Å². The van der Waals surface area contributed by atoms with Gasteiger partial charge >= 0.3 is 0 Å². The van der Waals surface area contributed by atoms with Gasteiger partial charge in [0.05, 0.1) is 17.9 Å². The molecule has 0 saturated carbocycles. The van der Waals surface area contributed by atoms with Crippen molar-refractivity contribution in [2.75, 3.05) is 12.4 Å². The Morgan fingerprint density at radius 2 is 1.52 bits per heavy atom. The molecule has 4 aromatic rings. The molecular formula is C27H22N2OS. The van der Waals surface area contributed by atoms with Crippen LogP contribution in [-0.4, -0.2) is 17.3 Å². The van der Waals surface area contributed by atoms with Crippen molar-refractivity contribution in [3.8, 4) is 34.2 Å². The van der Waals surface area contributed by atoms with E-state index in [1.807, 2.05) is 91.0 Å². The predicted octanol–water partition coefficient (Wildman–Crippen LogP) is 6.77. The van der Waals surface area contributed by atoms with Crippen molar-refractivity contribution in [3.63, 3.8) is 0 Å². The van der Waals surface area contributed by atoms with Gasteiger partial charge in [0.1, 0.15) is 16.8 Å². The molecule has 4 rings (SSSR count). The Hall–Kier alpha value is -3.55. The van der Waals surface area contributed by atoms with E-state index >= 15 is 0 Å². The number of nitrogens with zero attached hydrogens (tertiary/aromatic N) is 2. The van der Waals surface area contributed by atoms with Gasteiger partial charge in [-0.1, -0.05) is 78.4 Å². The number of aryl methyl sites for hydroxylation is 1. The SMILES string of the molecule is Cc1ccc(OCCSc2nc(-c3ccccc3)cc(-c3ccccc3)c2C#N)cc1. The van der Waals surface area contributed by atoms with Gasteiger partial charge in [-0.3, -0.25) is 0 Å². The zero-order valence-electron chi connectivity index (χ0n) is 17.3. The molecule has 0 aliphatic heterocycles. The highest BCUT2D eigenvalue weighted by Gasteiger charge is 2.15. The largest absolute Gasteiger partial charge is 0.493 e. The fourth-order valence-electron chi connectivity index (χ4n) is 3.27. The van der Waals surface area contributed by atoms with Crippen LogP contribution in [0.15, 0.2) is 96.0 Å². The molecule has 3 nitrogen and oxygen atoms in total. The molecule has 0 radical (unpaired) electrons. The van der Waals surface area contributed by atoms with Gasteiger partial charge in [-0.25, -0.2) is 4.98 Å². The molecule has 1 heterocycles. The standard InChI is InChI=1S/C27H22N2OS/c1-20-12-14-23(15-13-20)30-16-17-31-27-25(19-28)24(21-8-4-2-5-9-21)18-26(29-27)22-10-6-3-7-11-22/h2-15,18H,16-17H2,1H3. The molecule has 0 unspecified atom stereocenters. The van der Waals surface area contributed by atoms with Crippen molar-refractivity contribution in [1.29, 1.82) is 5.26 Å². The van der Waals surface area contributed by atoms with Crippen molar-refractivity contribution >= 4 is 11.8 Å². The maximum Gasteiger partial charge on any atom is 0.119 e. The highest BCUT2D eigenvalue weighted by molar-refractivity contribution is 7.99. The van der Waals surface area contributed by atoms with E-state index in [1.165, 1.54) is 5.56 Å². The zero-order valence-corrected chi connectivity index (χ0v) is 18.1. The lowest BCUT2D eigenvalue weighted by Gasteiger charge is -2.13. The molecule has 0 N–H and O–H groups in total. The Balaban J connectivity index is 1.62. The molecule has 0 spiro atoms. The molecule has 0 bridgehead atoms. The van der Waals surface area contributed by atoms with Crippen molar-refractivity contribution in [1.82, 2.24) is 4.98 Å². The Morgan fingerprint density at radius 1 is 0.871 bits per heavy atom. The highest BCUT2D eigenvalue weighted by atomic mass is 32.2. The average Bonchev–Trinajstić information content (AvgIpc) is 2.83. The van der Waals surface area contributed by atoms with Crippen LogP contribution in [-0.2, 0) is 0 Å². The van der Waals surface area contributed by atoms with E-state index in [-0.39, 0.29) is 0 Å². The van der Waals surface area contributed by atoms with Gasteiger partial charge in [0.15, 0.2) is 0 Å². The third-order valence-electron chi connectivity index (χ3n) is 4.86. The summed E-state index contributed by atoms with van der Waals surface area (Å²) in [5.41, 5.74) is 5.61. The van der Waals surface area contributed by atoms with Crippen LogP contribution in [0.2, 0.25) is 0 Å². The fraction of sp³-hybridized carbons (Fsp3) is 0.111. The number of nitriles is 1. The highest BCUT2D eigenvalue weighted by Crippen LogP contribution is 2.34. The molecular weight excluding hydrogens is 400 g/mol. The van der Waals surface area contributed by atoms with Crippen molar-refractivity contribution in [2.45, 2.75) is 11.9 Å². The molecule has 31 heavy (non-hydrogen) atoms. The maximum absolute atomic E-state index is 9.95. The summed E-state index contributed by atoms with van der Waals surface area (Å²) in [6.45, 7) is 2.59. The molecule has 0 saturated heterocycles. The molecule has 1 aromatic heterocycles. The molecule has 0 amide bonds. The van der Waals surface area contributed by atoms with Crippen LogP contribution in [0.25, 0.3) is 22.4 Å². The lowest BCUT2D eigenvalue weighted by molar-refractivity contribution is 0.344. The number of thioether (sulfide) groups is 1. The summed E-state index contributed by atoms with van der Waals surface area (Å²) in [6, 6.07) is 32.5. The third kappa shape index (κ3) is 5.14. The molecule has 0 atom stereocenters. The van der Waals surface area contributed by atoms with E-state index in [4.69, 9.17) is 9.72 Å². The maximum atomic E-state index is 9.95. The summed E-state index contributed by atoms with van der Waals surface area (Å²) in [7, 11) is 0. The van der Waals surface area contributed by atoms with Gasteiger partial charge in [-0.15, -0.1) is 11.8 Å². The van der Waals surface area contributed by atoms with E-state index in [0.29, 0.717) is 17.9 Å². The van der Waals surface area contributed by atoms with Gasteiger partial charge in [0.25, 0.3) is 0 Å². The van der Waals surface area contributed by atoms with Gasteiger partial charge in [0, 0.05) is 16.9 Å². The minimum Gasteiger partial charge on any atom is -0.493 e. The van der Waals surface area contributed by atoms with Gasteiger partial charge in [0.2, 0.25) is 0 Å². The lowest BCUT2D eigenvalue weighted by atomic mass is 9.99. The number of ether oxygens (including phenoxy) is 1. The van der Waals surface area contributed by atoms with Gasteiger partial charge < -0.3 is 4.74 Å². The second kappa shape index (κ2) is 9.97. The molecule has 152 valence electrons. The van der Waals surface area contributed by atoms with Crippen LogP contribution in [0.4, 0.5) is 0 Å². The Labute approximate surface area is 187 Å². The number of benzene rings is 3. The van der Waals surface area contributed by atoms with Crippen LogP contribution < -0.4 is 4.74 Å². The number of rotatable bonds is 7. The first-order valence-electron chi connectivity index (χ1n) is 10.1. The Bertz CT molecular complexity index is 1180. The van der Waals surface area contributed by atoms with Gasteiger partial charge in [-0.05, 0) is 30.7 Å². The smallest absolute Gasteiger partial charge is 0.119 e. The number of hydrogen-bond donors (Lipinski definition) is 0. The first-order valence-corrected chi connectivity index (χ1v) is 11.1. The first kappa shape index (κ1) is 20.7. The molecule has 4 heteroatoms. The number of aromatic nitrogens is 1. The zero-order chi connectivity index (χ0) is 21.5. The number of pyridine rings is 1. The van der Waals surface area contributed by atoms with Gasteiger partial charge in [-0.2, -0.15) is 5.26 Å². The van der Waals surface area contributed by atoms with Crippen LogP contribution in [0.1, 0.15) is 11.1 Å². The van der Waals surface area contributed by atoms with Crippen LogP contribution in [0.5, 0.6) is 5.75 Å². The summed E-state index contributed by atoms with van der Waals surface area (Å²) in [5.74, 6) is 1.55. The first-order chi connectivity index (χ1) is 15.2. The van der Waals surface area contributed by atoms with Crippen molar-refractivity contribution in [2.24, 2.45) is 0 Å². The van der Waals surface area contributed by atoms with Crippen LogP contribution >= 0.6 is 11.8 Å². The summed E-state index contributed by atoms with van der Waals surface area (Å²) in [6.07, 6.45) is 0. The van der Waals surface area contributed by atoms with E-state index in [9.17, 15) is 5.26 Å². The third-order valence-corrected chi connectivity index (χ3v) is 5.80. The Kier molecular flexibility index (Phi) is 6.66. The second-order valence-electron chi connectivity index (χ2n) is 7.09. The predicted molar refractivity (Wildman–Crippen MR) is 127 cm³/mol. The van der Waals surface area contributed by atoms with Crippen molar-refractivity contribution in [3.05, 3.63) is 102 Å². The van der Waals surface area contributed by atoms with E-state index in [2.05, 4.69) is 13.0 Å². The molecule has 0 aliphatic carbocycles. The monoisotopic (exact) mass is 422 g/mol. The molecule has 0 aliphatic rings. The molecule has 0 fully saturated rings. The average molecular weight is 423 g/mol. The number of hydrogen-bond acceptors (Lipinski definition) is 4. The summed E-state index contributed by atoms with van der Waals surface area (Å²) >= 11 is 1.55. The lowest BCUT2D eigenvalue weighted by Crippen LogP contribution is -2.02. The second-order valence-corrected chi connectivity index (χ2v) is 8.17. The quantitative estimate of drug-likeness (QED) is 0.244. The topological polar surface area (TPSA) is 45.9 Å².